The summed E-state index contributed by atoms with van der Waals surface area (Å²) < 4.78 is 6.53. The lowest BCUT2D eigenvalue weighted by molar-refractivity contribution is 0.670. The third kappa shape index (κ3) is 3.67. The summed E-state index contributed by atoms with van der Waals surface area (Å²) in [7, 11) is 0. The molecule has 1 aromatic heterocycles. The van der Waals surface area contributed by atoms with Crippen LogP contribution in [-0.2, 0) is 16.2 Å². The monoisotopic (exact) mass is 823 g/mol. The van der Waals surface area contributed by atoms with Gasteiger partial charge in [-0.3, -0.25) is 0 Å². The lowest BCUT2D eigenvalue weighted by Crippen LogP contribution is -2.30. The Balaban J connectivity index is 0.972. The van der Waals surface area contributed by atoms with Crippen molar-refractivity contribution < 1.29 is 4.42 Å². The van der Waals surface area contributed by atoms with Crippen LogP contribution in [0.1, 0.15) is 33.4 Å². The van der Waals surface area contributed by atoms with Crippen molar-refractivity contribution in [1.82, 2.24) is 0 Å². The van der Waals surface area contributed by atoms with E-state index in [1.54, 1.807) is 0 Å². The van der Waals surface area contributed by atoms with Gasteiger partial charge in [0.2, 0.25) is 0 Å². The maximum Gasteiger partial charge on any atom is 0.143 e. The summed E-state index contributed by atoms with van der Waals surface area (Å²) in [5, 5.41) is 10.1. The van der Waals surface area contributed by atoms with Crippen LogP contribution in [0.2, 0.25) is 0 Å². The first-order valence-electron chi connectivity index (χ1n) is 22.8. The van der Waals surface area contributed by atoms with Crippen LogP contribution in [0.3, 0.4) is 0 Å². The standard InChI is InChI=1S/C63H37NO/c1-2-18-42-38(14-1)15-11-30-55(42)64(41-34-32-39(33-35-41)43-22-12-23-47-46-21-5-8-31-57(46)65-60(43)47)56-37-36-54-59-48(56)24-13-29-53(59)63-52-28-10-17-40-16-9-27-51(58(40)52)61(63)49-25-6-3-19-44(49)45-20-4-7-26-50(45)62(54,61)63/h1-37H. The van der Waals surface area contributed by atoms with Gasteiger partial charge in [0.25, 0.3) is 0 Å². The fourth-order valence-electron chi connectivity index (χ4n) is 14.3. The Morgan fingerprint density at radius 3 is 1.57 bits per heavy atom. The van der Waals surface area contributed by atoms with Crippen molar-refractivity contribution in [3.05, 3.63) is 258 Å². The molecule has 3 unspecified atom stereocenters. The Labute approximate surface area is 375 Å². The van der Waals surface area contributed by atoms with Gasteiger partial charge in [0.15, 0.2) is 0 Å². The van der Waals surface area contributed by atoms with Gasteiger partial charge in [-0.25, -0.2) is 0 Å². The number of anilines is 3. The zero-order chi connectivity index (χ0) is 42.2. The van der Waals surface area contributed by atoms with Gasteiger partial charge < -0.3 is 9.32 Å². The predicted molar refractivity (Wildman–Crippen MR) is 267 cm³/mol. The van der Waals surface area contributed by atoms with E-state index in [4.69, 9.17) is 4.42 Å². The average Bonchev–Trinajstić information content (AvgIpc) is 3.53. The van der Waals surface area contributed by atoms with E-state index >= 15 is 0 Å². The normalized spacial score (nSPS) is 20.2. The molecule has 3 atom stereocenters. The highest BCUT2D eigenvalue weighted by atomic mass is 16.3. The number of hydrogen-bond acceptors (Lipinski definition) is 2. The van der Waals surface area contributed by atoms with E-state index in [0.717, 1.165) is 44.4 Å². The van der Waals surface area contributed by atoms with Crippen LogP contribution in [0, 0.1) is 0 Å². The molecular formula is C63H37NO. The van der Waals surface area contributed by atoms with Crippen LogP contribution in [0.4, 0.5) is 17.1 Å². The van der Waals surface area contributed by atoms with Crippen LogP contribution in [0.15, 0.2) is 229 Å². The molecular weight excluding hydrogens is 787 g/mol. The number of para-hydroxylation sites is 2. The van der Waals surface area contributed by atoms with Crippen molar-refractivity contribution in [1.29, 1.82) is 0 Å². The second kappa shape index (κ2) is 11.7. The van der Waals surface area contributed by atoms with Crippen molar-refractivity contribution in [2.75, 3.05) is 4.90 Å². The molecule has 11 aromatic carbocycles. The van der Waals surface area contributed by atoms with Crippen LogP contribution in [0.25, 0.3) is 76.5 Å². The van der Waals surface area contributed by atoms with Crippen molar-refractivity contribution in [3.8, 4) is 22.3 Å². The number of benzene rings is 11. The Hall–Kier alpha value is -8.20. The maximum absolute atomic E-state index is 6.53. The second-order valence-electron chi connectivity index (χ2n) is 18.6. The van der Waals surface area contributed by atoms with E-state index in [1.165, 1.54) is 82.5 Å². The summed E-state index contributed by atoms with van der Waals surface area (Å²) in [6, 6.07) is 84.5. The fraction of sp³-hybridized carbons (Fsp3) is 0.0476. The largest absolute Gasteiger partial charge is 0.455 e. The van der Waals surface area contributed by atoms with Crippen LogP contribution in [-0.4, -0.2) is 0 Å². The molecule has 0 radical (unpaired) electrons. The minimum atomic E-state index is -0.323. The third-order valence-corrected chi connectivity index (χ3v) is 16.2. The van der Waals surface area contributed by atoms with E-state index in [0.29, 0.717) is 0 Å². The molecule has 3 spiro atoms. The Morgan fingerprint density at radius 1 is 0.308 bits per heavy atom. The molecule has 0 amide bonds. The minimum Gasteiger partial charge on any atom is -0.455 e. The summed E-state index contributed by atoms with van der Waals surface area (Å²) in [6.07, 6.45) is 0. The highest BCUT2D eigenvalue weighted by molar-refractivity contribution is 6.17. The fourth-order valence-corrected chi connectivity index (χ4v) is 14.3. The van der Waals surface area contributed by atoms with Gasteiger partial charge in [-0.15, -0.1) is 0 Å². The quantitative estimate of drug-likeness (QED) is 0.176. The molecule has 0 aliphatic heterocycles. The first-order valence-corrected chi connectivity index (χ1v) is 22.8. The number of hydrogen-bond donors (Lipinski definition) is 0. The first-order chi connectivity index (χ1) is 32.3. The highest BCUT2D eigenvalue weighted by Gasteiger charge is 2.95. The van der Waals surface area contributed by atoms with Crippen molar-refractivity contribution >= 4 is 71.3 Å². The zero-order valence-electron chi connectivity index (χ0n) is 35.2. The van der Waals surface area contributed by atoms with Crippen LogP contribution < -0.4 is 4.90 Å². The van der Waals surface area contributed by atoms with Gasteiger partial charge in [0.05, 0.1) is 27.6 Å². The summed E-state index contributed by atoms with van der Waals surface area (Å²) >= 11 is 0. The molecule has 65 heavy (non-hydrogen) atoms. The Bertz CT molecular complexity index is 4090. The maximum atomic E-state index is 6.53. The number of rotatable bonds is 4. The molecule has 12 aromatic rings. The Morgan fingerprint density at radius 2 is 0.800 bits per heavy atom. The number of furan rings is 1. The topological polar surface area (TPSA) is 16.4 Å². The smallest absolute Gasteiger partial charge is 0.143 e. The molecule has 2 nitrogen and oxygen atoms in total. The molecule has 4 aliphatic rings. The van der Waals surface area contributed by atoms with E-state index in [9.17, 15) is 0 Å². The predicted octanol–water partition coefficient (Wildman–Crippen LogP) is 16.1. The number of fused-ring (bicyclic) bond motifs is 7. The molecule has 2 heteroatoms. The van der Waals surface area contributed by atoms with Crippen molar-refractivity contribution in [2.24, 2.45) is 0 Å². The van der Waals surface area contributed by atoms with E-state index in [2.05, 4.69) is 223 Å². The molecule has 0 N–H and O–H groups in total. The Kier molecular flexibility index (Phi) is 6.16. The van der Waals surface area contributed by atoms with Crippen molar-refractivity contribution in [3.63, 3.8) is 0 Å². The molecule has 0 saturated heterocycles. The van der Waals surface area contributed by atoms with Crippen LogP contribution in [0.5, 0.6) is 0 Å². The number of nitrogens with zero attached hydrogens (tertiary/aromatic N) is 1. The molecule has 1 fully saturated rings. The first kappa shape index (κ1) is 34.3. The molecule has 0 bridgehead atoms. The van der Waals surface area contributed by atoms with Gasteiger partial charge >= 0.3 is 0 Å². The van der Waals surface area contributed by atoms with Gasteiger partial charge in [0, 0.05) is 32.8 Å². The summed E-state index contributed by atoms with van der Waals surface area (Å²) in [5.74, 6) is 0. The highest BCUT2D eigenvalue weighted by Crippen LogP contribution is 2.94. The summed E-state index contributed by atoms with van der Waals surface area (Å²) in [6.45, 7) is 0. The molecule has 16 rings (SSSR count). The molecule has 300 valence electrons. The average molecular weight is 824 g/mol. The summed E-state index contributed by atoms with van der Waals surface area (Å²) in [4.78, 5) is 2.51. The molecule has 1 heterocycles. The minimum absolute atomic E-state index is 0.287. The molecule has 4 aliphatic carbocycles. The second-order valence-corrected chi connectivity index (χ2v) is 18.6. The lowest BCUT2D eigenvalue weighted by Gasteiger charge is -2.37. The summed E-state index contributed by atoms with van der Waals surface area (Å²) in [5.41, 5.74) is 18.0. The van der Waals surface area contributed by atoms with E-state index in [1.807, 2.05) is 6.07 Å². The zero-order valence-corrected chi connectivity index (χ0v) is 35.2. The van der Waals surface area contributed by atoms with E-state index < -0.39 is 0 Å². The van der Waals surface area contributed by atoms with Gasteiger partial charge in [-0.2, -0.15) is 0 Å². The van der Waals surface area contributed by atoms with Gasteiger partial charge in [0.1, 0.15) is 11.2 Å². The SMILES string of the molecule is c1ccc2c(c1)-c1ccccc1C13c4ccc(N(c5ccc(-c6cccc7c6oc6ccccc67)cc5)c5cccc6ccccc56)c5cccc(c45)C14c1cccc5cccc(c15)C234. The third-order valence-electron chi connectivity index (χ3n) is 16.2. The van der Waals surface area contributed by atoms with Crippen molar-refractivity contribution in [2.45, 2.75) is 16.2 Å². The van der Waals surface area contributed by atoms with Crippen LogP contribution >= 0.6 is 0 Å². The van der Waals surface area contributed by atoms with Gasteiger partial charge in [-0.05, 0) is 102 Å². The van der Waals surface area contributed by atoms with Gasteiger partial charge in [-0.1, -0.05) is 194 Å². The molecule has 1 saturated carbocycles. The lowest BCUT2D eigenvalue weighted by atomic mass is 9.65. The van der Waals surface area contributed by atoms with E-state index in [-0.39, 0.29) is 16.2 Å².